The molecule has 1 atom stereocenters. The van der Waals surface area contributed by atoms with E-state index in [-0.39, 0.29) is 18.5 Å². The van der Waals surface area contributed by atoms with Crippen LogP contribution in [0.2, 0.25) is 0 Å². The van der Waals surface area contributed by atoms with Crippen LogP contribution in [0.25, 0.3) is 0 Å². The summed E-state index contributed by atoms with van der Waals surface area (Å²) in [5.41, 5.74) is 3.90. The van der Waals surface area contributed by atoms with E-state index in [2.05, 4.69) is 63.0 Å². The predicted octanol–water partition coefficient (Wildman–Crippen LogP) is 2.75. The molecule has 0 aromatic heterocycles. The average Bonchev–Trinajstić information content (AvgIpc) is 3.21. The second-order valence-corrected chi connectivity index (χ2v) is 7.38. The molecule has 0 radical (unpaired) electrons. The minimum atomic E-state index is -0.186. The maximum absolute atomic E-state index is 12.3. The Morgan fingerprint density at radius 2 is 2.07 bits per heavy atom. The minimum Gasteiger partial charge on any atom is -0.369 e. The summed E-state index contributed by atoms with van der Waals surface area (Å²) in [5, 5.41) is 9.51. The Hall–Kier alpha value is -3.46. The summed E-state index contributed by atoms with van der Waals surface area (Å²) in [7, 11) is 0. The van der Waals surface area contributed by atoms with Crippen LogP contribution in [-0.4, -0.2) is 44.1 Å². The fourth-order valence-electron chi connectivity index (χ4n) is 3.42. The zero-order valence-corrected chi connectivity index (χ0v) is 17.6. The SMILES string of the molecule is C#Cc1cccc(NC(=O)CN=C(NCC)NC2CCN(c3ccc(C)cc3)C2)c1. The number of hydrogen-bond acceptors (Lipinski definition) is 3. The van der Waals surface area contributed by atoms with E-state index in [1.54, 1.807) is 6.07 Å². The van der Waals surface area contributed by atoms with Crippen molar-refractivity contribution in [2.45, 2.75) is 26.3 Å². The number of benzene rings is 2. The molecule has 1 aliphatic rings. The standard InChI is InChI=1S/C24H29N5O/c1-4-19-7-6-8-20(15-19)27-23(30)16-26-24(25-5-2)28-21-13-14-29(17-21)22-11-9-18(3)10-12-22/h1,6-12,15,21H,5,13-14,16-17H2,2-3H3,(H,27,30)(H2,25,26,28). The Morgan fingerprint density at radius 1 is 1.27 bits per heavy atom. The van der Waals surface area contributed by atoms with Gasteiger partial charge in [0.2, 0.25) is 5.91 Å². The number of anilines is 2. The van der Waals surface area contributed by atoms with Crippen LogP contribution in [0.3, 0.4) is 0 Å². The molecular formula is C24H29N5O. The van der Waals surface area contributed by atoms with E-state index in [1.807, 2.05) is 25.1 Å². The first-order valence-electron chi connectivity index (χ1n) is 10.3. The Balaban J connectivity index is 1.54. The fourth-order valence-corrected chi connectivity index (χ4v) is 3.42. The van der Waals surface area contributed by atoms with Gasteiger partial charge >= 0.3 is 0 Å². The Morgan fingerprint density at radius 3 is 2.80 bits per heavy atom. The maximum atomic E-state index is 12.3. The number of terminal acetylenes is 1. The molecule has 2 aromatic carbocycles. The summed E-state index contributed by atoms with van der Waals surface area (Å²) in [6.45, 7) is 6.76. The summed E-state index contributed by atoms with van der Waals surface area (Å²) in [6, 6.07) is 16.1. The number of nitrogens with one attached hydrogen (secondary N) is 3. The zero-order valence-electron chi connectivity index (χ0n) is 17.6. The quantitative estimate of drug-likeness (QED) is 0.394. The van der Waals surface area contributed by atoms with Gasteiger partial charge in [-0.05, 0) is 50.6 Å². The number of carbonyl (C=O) groups excluding carboxylic acids is 1. The van der Waals surface area contributed by atoms with Gasteiger partial charge in [-0.2, -0.15) is 0 Å². The topological polar surface area (TPSA) is 68.8 Å². The van der Waals surface area contributed by atoms with E-state index in [0.717, 1.165) is 31.6 Å². The highest BCUT2D eigenvalue weighted by atomic mass is 16.1. The molecule has 0 spiro atoms. The monoisotopic (exact) mass is 403 g/mol. The van der Waals surface area contributed by atoms with Gasteiger partial charge in [0.05, 0.1) is 0 Å². The lowest BCUT2D eigenvalue weighted by Crippen LogP contribution is -2.45. The van der Waals surface area contributed by atoms with Crippen LogP contribution < -0.4 is 20.9 Å². The molecule has 1 fully saturated rings. The number of rotatable bonds is 6. The molecule has 1 amide bonds. The molecule has 2 aromatic rings. The molecule has 1 saturated heterocycles. The smallest absolute Gasteiger partial charge is 0.246 e. The zero-order chi connectivity index (χ0) is 21.3. The van der Waals surface area contributed by atoms with Gasteiger partial charge in [0, 0.05) is 42.6 Å². The molecular weight excluding hydrogens is 374 g/mol. The van der Waals surface area contributed by atoms with Gasteiger partial charge in [0.1, 0.15) is 6.54 Å². The highest BCUT2D eigenvalue weighted by molar-refractivity contribution is 5.94. The molecule has 3 rings (SSSR count). The van der Waals surface area contributed by atoms with Crippen molar-refractivity contribution in [3.63, 3.8) is 0 Å². The van der Waals surface area contributed by atoms with Crippen molar-refractivity contribution in [3.8, 4) is 12.3 Å². The Bertz CT molecular complexity index is 929. The van der Waals surface area contributed by atoms with E-state index >= 15 is 0 Å². The number of carbonyl (C=O) groups is 1. The number of amides is 1. The lowest BCUT2D eigenvalue weighted by Gasteiger charge is -2.20. The lowest BCUT2D eigenvalue weighted by molar-refractivity contribution is -0.114. The van der Waals surface area contributed by atoms with Crippen molar-refractivity contribution in [1.29, 1.82) is 0 Å². The molecule has 1 unspecified atom stereocenters. The van der Waals surface area contributed by atoms with Gasteiger partial charge in [0.15, 0.2) is 5.96 Å². The van der Waals surface area contributed by atoms with Crippen LogP contribution >= 0.6 is 0 Å². The summed E-state index contributed by atoms with van der Waals surface area (Å²) < 4.78 is 0. The van der Waals surface area contributed by atoms with Crippen molar-refractivity contribution in [2.24, 2.45) is 4.99 Å². The van der Waals surface area contributed by atoms with Crippen molar-refractivity contribution in [2.75, 3.05) is 36.4 Å². The van der Waals surface area contributed by atoms with E-state index in [1.165, 1.54) is 11.3 Å². The van der Waals surface area contributed by atoms with Crippen LogP contribution in [0.5, 0.6) is 0 Å². The number of aryl methyl sites for hydroxylation is 1. The van der Waals surface area contributed by atoms with E-state index in [4.69, 9.17) is 6.42 Å². The molecule has 1 heterocycles. The number of hydrogen-bond donors (Lipinski definition) is 3. The molecule has 156 valence electrons. The number of guanidine groups is 1. The Labute approximate surface area is 178 Å². The molecule has 3 N–H and O–H groups in total. The summed E-state index contributed by atoms with van der Waals surface area (Å²) >= 11 is 0. The highest BCUT2D eigenvalue weighted by Crippen LogP contribution is 2.20. The molecule has 0 aliphatic carbocycles. The van der Waals surface area contributed by atoms with Gasteiger partial charge in [-0.25, -0.2) is 4.99 Å². The average molecular weight is 404 g/mol. The van der Waals surface area contributed by atoms with E-state index in [0.29, 0.717) is 11.6 Å². The van der Waals surface area contributed by atoms with Crippen LogP contribution in [0.15, 0.2) is 53.5 Å². The van der Waals surface area contributed by atoms with Gasteiger partial charge < -0.3 is 20.9 Å². The first-order chi connectivity index (χ1) is 14.6. The summed E-state index contributed by atoms with van der Waals surface area (Å²) in [4.78, 5) is 19.1. The number of nitrogens with zero attached hydrogens (tertiary/aromatic N) is 2. The summed E-state index contributed by atoms with van der Waals surface area (Å²) in [5.74, 6) is 3.03. The third-order valence-corrected chi connectivity index (χ3v) is 4.97. The van der Waals surface area contributed by atoms with Gasteiger partial charge in [-0.3, -0.25) is 4.79 Å². The second kappa shape index (κ2) is 10.4. The van der Waals surface area contributed by atoms with Crippen LogP contribution in [-0.2, 0) is 4.79 Å². The van der Waals surface area contributed by atoms with Crippen molar-refractivity contribution < 1.29 is 4.79 Å². The van der Waals surface area contributed by atoms with Gasteiger partial charge in [-0.15, -0.1) is 6.42 Å². The molecule has 0 saturated carbocycles. The molecule has 0 bridgehead atoms. The largest absolute Gasteiger partial charge is 0.369 e. The van der Waals surface area contributed by atoms with Crippen molar-refractivity contribution >= 4 is 23.2 Å². The first kappa shape index (κ1) is 21.3. The lowest BCUT2D eigenvalue weighted by atomic mass is 10.2. The van der Waals surface area contributed by atoms with Crippen LogP contribution in [0.4, 0.5) is 11.4 Å². The third-order valence-electron chi connectivity index (χ3n) is 4.97. The predicted molar refractivity (Wildman–Crippen MR) is 124 cm³/mol. The number of aliphatic imine (C=N–C) groups is 1. The van der Waals surface area contributed by atoms with Crippen LogP contribution in [0, 0.1) is 19.3 Å². The second-order valence-electron chi connectivity index (χ2n) is 7.38. The summed E-state index contributed by atoms with van der Waals surface area (Å²) in [6.07, 6.45) is 6.43. The van der Waals surface area contributed by atoms with Crippen molar-refractivity contribution in [1.82, 2.24) is 10.6 Å². The van der Waals surface area contributed by atoms with Gasteiger partial charge in [-0.1, -0.05) is 29.7 Å². The van der Waals surface area contributed by atoms with Gasteiger partial charge in [0.25, 0.3) is 0 Å². The van der Waals surface area contributed by atoms with E-state index < -0.39 is 0 Å². The molecule has 6 nitrogen and oxygen atoms in total. The molecule has 6 heteroatoms. The molecule has 30 heavy (non-hydrogen) atoms. The van der Waals surface area contributed by atoms with E-state index in [9.17, 15) is 4.79 Å². The van der Waals surface area contributed by atoms with Crippen molar-refractivity contribution in [3.05, 3.63) is 59.7 Å². The first-order valence-corrected chi connectivity index (χ1v) is 10.3. The maximum Gasteiger partial charge on any atom is 0.246 e. The fraction of sp³-hybridized carbons (Fsp3) is 0.333. The minimum absolute atomic E-state index is 0.0318. The normalized spacial score (nSPS) is 16.1. The highest BCUT2D eigenvalue weighted by Gasteiger charge is 2.23. The molecule has 1 aliphatic heterocycles. The third kappa shape index (κ3) is 6.02. The van der Waals surface area contributed by atoms with Crippen LogP contribution in [0.1, 0.15) is 24.5 Å². The Kier molecular flexibility index (Phi) is 7.34.